The Morgan fingerprint density at radius 1 is 1.03 bits per heavy atom. The van der Waals surface area contributed by atoms with E-state index in [0.29, 0.717) is 6.54 Å². The summed E-state index contributed by atoms with van der Waals surface area (Å²) in [5.41, 5.74) is 2.01. The van der Waals surface area contributed by atoms with Crippen LogP contribution in [0.5, 0.6) is 0 Å². The van der Waals surface area contributed by atoms with Crippen LogP contribution in [0, 0.1) is 19.8 Å². The Morgan fingerprint density at radius 3 is 2.03 bits per heavy atom. The van der Waals surface area contributed by atoms with Crippen LogP contribution in [0.2, 0.25) is 0 Å². The molecule has 0 radical (unpaired) electrons. The standard InChI is InChI=1S/C27H45N3O4/c1-11-12-16-28-24(31)23(21-19(6)14-13-15-20(21)7)30(18(4)5)25(32)22(17(2)3)29-26(33)34-27(8,9)10/h13-15,17-18,22-23H,11-12,16H2,1-10H3,(H,28,31)(H,29,33). The van der Waals surface area contributed by atoms with Crippen LogP contribution < -0.4 is 10.6 Å². The topological polar surface area (TPSA) is 87.7 Å². The molecule has 0 saturated carbocycles. The van der Waals surface area contributed by atoms with E-state index < -0.39 is 23.8 Å². The summed E-state index contributed by atoms with van der Waals surface area (Å²) < 4.78 is 5.40. The zero-order valence-electron chi connectivity index (χ0n) is 22.7. The lowest BCUT2D eigenvalue weighted by molar-refractivity contribution is -0.145. The molecule has 0 bridgehead atoms. The molecule has 34 heavy (non-hydrogen) atoms. The molecule has 0 aliphatic carbocycles. The first-order valence-electron chi connectivity index (χ1n) is 12.4. The summed E-state index contributed by atoms with van der Waals surface area (Å²) in [7, 11) is 0. The van der Waals surface area contributed by atoms with E-state index in [-0.39, 0.29) is 23.8 Å². The molecule has 0 aliphatic heterocycles. The first-order chi connectivity index (χ1) is 15.7. The number of rotatable bonds is 10. The lowest BCUT2D eigenvalue weighted by atomic mass is 9.92. The zero-order valence-corrected chi connectivity index (χ0v) is 22.7. The van der Waals surface area contributed by atoms with Gasteiger partial charge in [-0.05, 0) is 77.5 Å². The van der Waals surface area contributed by atoms with E-state index in [1.807, 2.05) is 59.7 Å². The molecule has 0 heterocycles. The molecule has 1 rings (SSSR count). The Hall–Kier alpha value is -2.57. The Bertz CT molecular complexity index is 823. The third-order valence-corrected chi connectivity index (χ3v) is 5.59. The molecule has 192 valence electrons. The lowest BCUT2D eigenvalue weighted by Gasteiger charge is -2.39. The van der Waals surface area contributed by atoms with Gasteiger partial charge in [0.05, 0.1) is 0 Å². The molecular weight excluding hydrogens is 430 g/mol. The normalized spacial score (nSPS) is 13.4. The van der Waals surface area contributed by atoms with Gasteiger partial charge in [-0.3, -0.25) is 9.59 Å². The predicted molar refractivity (Wildman–Crippen MR) is 137 cm³/mol. The molecule has 0 spiro atoms. The summed E-state index contributed by atoms with van der Waals surface area (Å²) in [6.45, 7) is 19.4. The number of ether oxygens (including phenoxy) is 1. The summed E-state index contributed by atoms with van der Waals surface area (Å²) in [5.74, 6) is -0.732. The van der Waals surface area contributed by atoms with Crippen molar-refractivity contribution >= 4 is 17.9 Å². The van der Waals surface area contributed by atoms with Crippen molar-refractivity contribution in [3.8, 4) is 0 Å². The van der Waals surface area contributed by atoms with Gasteiger partial charge < -0.3 is 20.3 Å². The number of nitrogens with one attached hydrogen (secondary N) is 2. The van der Waals surface area contributed by atoms with Gasteiger partial charge in [0.25, 0.3) is 0 Å². The lowest BCUT2D eigenvalue weighted by Crippen LogP contribution is -2.56. The first-order valence-corrected chi connectivity index (χ1v) is 12.4. The molecule has 3 amide bonds. The fourth-order valence-corrected chi connectivity index (χ4v) is 3.93. The second kappa shape index (κ2) is 12.8. The van der Waals surface area contributed by atoms with Gasteiger partial charge in [0.1, 0.15) is 17.7 Å². The van der Waals surface area contributed by atoms with Gasteiger partial charge in [0.15, 0.2) is 0 Å². The second-order valence-electron chi connectivity index (χ2n) is 10.6. The van der Waals surface area contributed by atoms with Crippen molar-refractivity contribution in [2.24, 2.45) is 5.92 Å². The molecule has 0 fully saturated rings. The molecule has 0 aliphatic rings. The Kier molecular flexibility index (Phi) is 11.1. The average Bonchev–Trinajstić information content (AvgIpc) is 2.69. The van der Waals surface area contributed by atoms with Gasteiger partial charge >= 0.3 is 6.09 Å². The minimum absolute atomic E-state index is 0.206. The van der Waals surface area contributed by atoms with Crippen molar-refractivity contribution in [3.63, 3.8) is 0 Å². The van der Waals surface area contributed by atoms with Crippen LogP contribution in [-0.2, 0) is 14.3 Å². The molecular formula is C27H45N3O4. The number of alkyl carbamates (subject to hydrolysis) is 1. The molecule has 0 saturated heterocycles. The highest BCUT2D eigenvalue weighted by Gasteiger charge is 2.39. The van der Waals surface area contributed by atoms with Crippen molar-refractivity contribution in [2.45, 2.75) is 106 Å². The van der Waals surface area contributed by atoms with E-state index in [9.17, 15) is 14.4 Å². The van der Waals surface area contributed by atoms with Gasteiger partial charge in [-0.25, -0.2) is 4.79 Å². The summed E-state index contributed by atoms with van der Waals surface area (Å²) in [5, 5.41) is 5.77. The van der Waals surface area contributed by atoms with Gasteiger partial charge in [-0.2, -0.15) is 0 Å². The van der Waals surface area contributed by atoms with Crippen LogP contribution in [0.3, 0.4) is 0 Å². The van der Waals surface area contributed by atoms with Crippen LogP contribution in [0.1, 0.15) is 91.0 Å². The van der Waals surface area contributed by atoms with Crippen molar-refractivity contribution in [3.05, 3.63) is 34.9 Å². The molecule has 7 nitrogen and oxygen atoms in total. The summed E-state index contributed by atoms with van der Waals surface area (Å²) in [6.07, 6.45) is 1.16. The quantitative estimate of drug-likeness (QED) is 0.464. The maximum Gasteiger partial charge on any atom is 0.408 e. The number of carbonyl (C=O) groups excluding carboxylic acids is 3. The van der Waals surface area contributed by atoms with Crippen molar-refractivity contribution in [1.29, 1.82) is 0 Å². The molecule has 1 aromatic rings. The molecule has 2 unspecified atom stereocenters. The van der Waals surface area contributed by atoms with Crippen LogP contribution in [0.15, 0.2) is 18.2 Å². The van der Waals surface area contributed by atoms with E-state index in [2.05, 4.69) is 17.6 Å². The highest BCUT2D eigenvalue weighted by atomic mass is 16.6. The maximum absolute atomic E-state index is 14.0. The van der Waals surface area contributed by atoms with E-state index in [0.717, 1.165) is 29.5 Å². The largest absolute Gasteiger partial charge is 0.444 e. The maximum atomic E-state index is 14.0. The number of nitrogens with zero attached hydrogens (tertiary/aromatic N) is 1. The highest BCUT2D eigenvalue weighted by molar-refractivity contribution is 5.93. The molecule has 1 aromatic carbocycles. The van der Waals surface area contributed by atoms with Crippen LogP contribution in [-0.4, -0.2) is 47.0 Å². The number of hydrogen-bond donors (Lipinski definition) is 2. The van der Waals surface area contributed by atoms with E-state index in [1.165, 1.54) is 0 Å². The van der Waals surface area contributed by atoms with Gasteiger partial charge in [-0.15, -0.1) is 0 Å². The molecule has 2 N–H and O–H groups in total. The van der Waals surface area contributed by atoms with Crippen LogP contribution in [0.25, 0.3) is 0 Å². The summed E-state index contributed by atoms with van der Waals surface area (Å²) in [6, 6.07) is 3.92. The van der Waals surface area contributed by atoms with Crippen molar-refractivity contribution in [1.82, 2.24) is 15.5 Å². The molecule has 0 aromatic heterocycles. The SMILES string of the molecule is CCCCNC(=O)C(c1c(C)cccc1C)N(C(=O)C(NC(=O)OC(C)(C)C)C(C)C)C(C)C. The Labute approximate surface area is 206 Å². The highest BCUT2D eigenvalue weighted by Crippen LogP contribution is 2.30. The minimum Gasteiger partial charge on any atom is -0.444 e. The monoisotopic (exact) mass is 475 g/mol. The molecule has 7 heteroatoms. The molecule has 2 atom stereocenters. The number of unbranched alkanes of at least 4 members (excludes halogenated alkanes) is 1. The summed E-state index contributed by atoms with van der Waals surface area (Å²) in [4.78, 5) is 41.7. The first kappa shape index (κ1) is 29.5. The zero-order chi connectivity index (χ0) is 26.2. The number of benzene rings is 1. The third-order valence-electron chi connectivity index (χ3n) is 5.59. The fourth-order valence-electron chi connectivity index (χ4n) is 3.93. The minimum atomic E-state index is -0.840. The summed E-state index contributed by atoms with van der Waals surface area (Å²) >= 11 is 0. The van der Waals surface area contributed by atoms with Gasteiger partial charge in [-0.1, -0.05) is 45.4 Å². The van der Waals surface area contributed by atoms with Gasteiger partial charge in [0.2, 0.25) is 11.8 Å². The van der Waals surface area contributed by atoms with Crippen molar-refractivity contribution < 1.29 is 19.1 Å². The Balaban J connectivity index is 3.49. The number of hydrogen-bond acceptors (Lipinski definition) is 4. The van der Waals surface area contributed by atoms with Crippen LogP contribution >= 0.6 is 0 Å². The van der Waals surface area contributed by atoms with E-state index in [4.69, 9.17) is 4.74 Å². The van der Waals surface area contributed by atoms with E-state index >= 15 is 0 Å². The second-order valence-corrected chi connectivity index (χ2v) is 10.6. The number of aryl methyl sites for hydroxylation is 2. The predicted octanol–water partition coefficient (Wildman–Crippen LogP) is 5.05. The van der Waals surface area contributed by atoms with E-state index in [1.54, 1.807) is 25.7 Å². The van der Waals surface area contributed by atoms with Crippen LogP contribution in [0.4, 0.5) is 4.79 Å². The number of carbonyl (C=O) groups is 3. The fraction of sp³-hybridized carbons (Fsp3) is 0.667. The van der Waals surface area contributed by atoms with Gasteiger partial charge in [0, 0.05) is 12.6 Å². The van der Waals surface area contributed by atoms with Crippen molar-refractivity contribution in [2.75, 3.05) is 6.54 Å². The number of amides is 3. The smallest absolute Gasteiger partial charge is 0.408 e. The third kappa shape index (κ3) is 8.33. The Morgan fingerprint density at radius 2 is 1.59 bits per heavy atom. The average molecular weight is 476 g/mol.